The van der Waals surface area contributed by atoms with E-state index in [0.29, 0.717) is 12.3 Å². The Labute approximate surface area is 83.5 Å². The molecule has 1 heterocycles. The molecule has 14 heavy (non-hydrogen) atoms. The van der Waals surface area contributed by atoms with Crippen molar-refractivity contribution in [1.29, 1.82) is 0 Å². The topological polar surface area (TPSA) is 41.1 Å². The third-order valence-electron chi connectivity index (χ3n) is 2.56. The molecule has 1 amide bonds. The van der Waals surface area contributed by atoms with Gasteiger partial charge in [0.2, 0.25) is 5.91 Å². The molecule has 2 rings (SSSR count). The SMILES string of the molecule is CNCC1CC(=O)Nc2ccccc21. The van der Waals surface area contributed by atoms with Crippen molar-refractivity contribution in [3.8, 4) is 0 Å². The summed E-state index contributed by atoms with van der Waals surface area (Å²) in [4.78, 5) is 11.4. The lowest BCUT2D eigenvalue weighted by atomic mass is 9.90. The largest absolute Gasteiger partial charge is 0.326 e. The van der Waals surface area contributed by atoms with Gasteiger partial charge >= 0.3 is 0 Å². The Morgan fingerprint density at radius 3 is 3.07 bits per heavy atom. The monoisotopic (exact) mass is 190 g/mol. The van der Waals surface area contributed by atoms with Crippen LogP contribution in [0.3, 0.4) is 0 Å². The molecule has 0 saturated carbocycles. The number of anilines is 1. The molecule has 0 aliphatic carbocycles. The molecule has 0 aromatic heterocycles. The molecule has 0 saturated heterocycles. The van der Waals surface area contributed by atoms with Gasteiger partial charge in [0.1, 0.15) is 0 Å². The van der Waals surface area contributed by atoms with Crippen molar-refractivity contribution in [1.82, 2.24) is 5.32 Å². The minimum atomic E-state index is 0.115. The Kier molecular flexibility index (Phi) is 2.50. The van der Waals surface area contributed by atoms with E-state index in [4.69, 9.17) is 0 Å². The molecule has 1 aliphatic heterocycles. The van der Waals surface area contributed by atoms with Crippen LogP contribution in [-0.2, 0) is 4.79 Å². The number of para-hydroxylation sites is 1. The quantitative estimate of drug-likeness (QED) is 0.738. The molecule has 0 fully saturated rings. The number of likely N-dealkylation sites (N-methyl/N-ethyl adjacent to an activating group) is 1. The lowest BCUT2D eigenvalue weighted by Crippen LogP contribution is -2.28. The van der Waals surface area contributed by atoms with E-state index in [9.17, 15) is 4.79 Å². The minimum Gasteiger partial charge on any atom is -0.326 e. The number of carbonyl (C=O) groups is 1. The molecule has 0 bridgehead atoms. The lowest BCUT2D eigenvalue weighted by Gasteiger charge is -2.25. The molecular formula is C11H14N2O. The van der Waals surface area contributed by atoms with Crippen LogP contribution in [-0.4, -0.2) is 19.5 Å². The molecule has 1 unspecified atom stereocenters. The van der Waals surface area contributed by atoms with Crippen molar-refractivity contribution in [3.63, 3.8) is 0 Å². The van der Waals surface area contributed by atoms with Gasteiger partial charge in [-0.15, -0.1) is 0 Å². The Bertz CT molecular complexity index is 349. The van der Waals surface area contributed by atoms with E-state index in [-0.39, 0.29) is 5.91 Å². The van der Waals surface area contributed by atoms with E-state index < -0.39 is 0 Å². The van der Waals surface area contributed by atoms with Crippen molar-refractivity contribution < 1.29 is 4.79 Å². The third-order valence-corrected chi connectivity index (χ3v) is 2.56. The maximum Gasteiger partial charge on any atom is 0.225 e. The standard InChI is InChI=1S/C11H14N2O/c1-12-7-8-6-11(14)13-10-5-3-2-4-9(8)10/h2-5,8,12H,6-7H2,1H3,(H,13,14). The van der Waals surface area contributed by atoms with Crippen LogP contribution in [0.1, 0.15) is 17.9 Å². The van der Waals surface area contributed by atoms with Crippen LogP contribution < -0.4 is 10.6 Å². The van der Waals surface area contributed by atoms with E-state index in [2.05, 4.69) is 16.7 Å². The third kappa shape index (κ3) is 1.63. The Balaban J connectivity index is 2.33. The maximum absolute atomic E-state index is 11.4. The summed E-state index contributed by atoms with van der Waals surface area (Å²) < 4.78 is 0. The average molecular weight is 190 g/mol. The molecule has 1 atom stereocenters. The first-order valence-corrected chi connectivity index (χ1v) is 4.84. The predicted molar refractivity (Wildman–Crippen MR) is 56.4 cm³/mol. The van der Waals surface area contributed by atoms with Gasteiger partial charge in [-0.2, -0.15) is 0 Å². The van der Waals surface area contributed by atoms with Gasteiger partial charge in [-0.05, 0) is 18.7 Å². The van der Waals surface area contributed by atoms with E-state index in [1.807, 2.05) is 25.2 Å². The number of amides is 1. The first kappa shape index (κ1) is 9.21. The molecular weight excluding hydrogens is 176 g/mol. The summed E-state index contributed by atoms with van der Waals surface area (Å²) in [5.41, 5.74) is 2.20. The summed E-state index contributed by atoms with van der Waals surface area (Å²) in [6.45, 7) is 0.852. The zero-order valence-electron chi connectivity index (χ0n) is 8.21. The summed E-state index contributed by atoms with van der Waals surface area (Å²) in [5, 5.41) is 6.00. The number of hydrogen-bond acceptors (Lipinski definition) is 2. The summed E-state index contributed by atoms with van der Waals surface area (Å²) >= 11 is 0. The molecule has 3 nitrogen and oxygen atoms in total. The highest BCUT2D eigenvalue weighted by Crippen LogP contribution is 2.31. The fourth-order valence-corrected chi connectivity index (χ4v) is 1.93. The fraction of sp³-hybridized carbons (Fsp3) is 0.364. The fourth-order valence-electron chi connectivity index (χ4n) is 1.93. The Morgan fingerprint density at radius 2 is 2.29 bits per heavy atom. The second-order valence-corrected chi connectivity index (χ2v) is 3.59. The number of fused-ring (bicyclic) bond motifs is 1. The highest BCUT2D eigenvalue weighted by atomic mass is 16.1. The van der Waals surface area contributed by atoms with Gasteiger partial charge in [0, 0.05) is 24.6 Å². The van der Waals surface area contributed by atoms with Crippen molar-refractivity contribution in [2.75, 3.05) is 18.9 Å². The highest BCUT2D eigenvalue weighted by Gasteiger charge is 2.23. The minimum absolute atomic E-state index is 0.115. The number of nitrogens with one attached hydrogen (secondary N) is 2. The second kappa shape index (κ2) is 3.80. The van der Waals surface area contributed by atoms with Crippen LogP contribution in [0.4, 0.5) is 5.69 Å². The van der Waals surface area contributed by atoms with Crippen molar-refractivity contribution in [2.45, 2.75) is 12.3 Å². The first-order chi connectivity index (χ1) is 6.81. The normalized spacial score (nSPS) is 20.1. The molecule has 1 aliphatic rings. The number of rotatable bonds is 2. The predicted octanol–water partition coefficient (Wildman–Crippen LogP) is 1.33. The van der Waals surface area contributed by atoms with Crippen molar-refractivity contribution >= 4 is 11.6 Å². The lowest BCUT2D eigenvalue weighted by molar-refractivity contribution is -0.116. The summed E-state index contributed by atoms with van der Waals surface area (Å²) in [5.74, 6) is 0.425. The van der Waals surface area contributed by atoms with Gasteiger partial charge in [0.15, 0.2) is 0 Å². The van der Waals surface area contributed by atoms with Gasteiger partial charge in [-0.3, -0.25) is 4.79 Å². The zero-order chi connectivity index (χ0) is 9.97. The van der Waals surface area contributed by atoms with Crippen molar-refractivity contribution in [3.05, 3.63) is 29.8 Å². The van der Waals surface area contributed by atoms with E-state index in [1.165, 1.54) is 5.56 Å². The van der Waals surface area contributed by atoms with Crippen LogP contribution >= 0.6 is 0 Å². The molecule has 2 N–H and O–H groups in total. The molecule has 0 radical (unpaired) electrons. The van der Waals surface area contributed by atoms with E-state index in [0.717, 1.165) is 12.2 Å². The average Bonchev–Trinajstić information content (AvgIpc) is 2.18. The summed E-state index contributed by atoms with van der Waals surface area (Å²) in [6, 6.07) is 7.99. The molecule has 1 aromatic rings. The van der Waals surface area contributed by atoms with Gasteiger partial charge < -0.3 is 10.6 Å². The molecule has 74 valence electrons. The van der Waals surface area contributed by atoms with Crippen LogP contribution in [0.5, 0.6) is 0 Å². The highest BCUT2D eigenvalue weighted by molar-refractivity contribution is 5.94. The van der Waals surface area contributed by atoms with Crippen molar-refractivity contribution in [2.24, 2.45) is 0 Å². The number of hydrogen-bond donors (Lipinski definition) is 2. The summed E-state index contributed by atoms with van der Waals surface area (Å²) in [6.07, 6.45) is 0.581. The van der Waals surface area contributed by atoms with Crippen LogP contribution in [0.25, 0.3) is 0 Å². The Morgan fingerprint density at radius 1 is 1.50 bits per heavy atom. The summed E-state index contributed by atoms with van der Waals surface area (Å²) in [7, 11) is 1.91. The number of carbonyl (C=O) groups excluding carboxylic acids is 1. The van der Waals surface area contributed by atoms with Gasteiger partial charge in [0.05, 0.1) is 0 Å². The molecule has 0 spiro atoms. The van der Waals surface area contributed by atoms with Crippen LogP contribution in [0.15, 0.2) is 24.3 Å². The van der Waals surface area contributed by atoms with Crippen LogP contribution in [0.2, 0.25) is 0 Å². The van der Waals surface area contributed by atoms with Gasteiger partial charge in [0.25, 0.3) is 0 Å². The maximum atomic E-state index is 11.4. The zero-order valence-corrected chi connectivity index (χ0v) is 8.21. The van der Waals surface area contributed by atoms with Crippen LogP contribution in [0, 0.1) is 0 Å². The number of benzene rings is 1. The van der Waals surface area contributed by atoms with E-state index in [1.54, 1.807) is 0 Å². The smallest absolute Gasteiger partial charge is 0.225 e. The first-order valence-electron chi connectivity index (χ1n) is 4.84. The van der Waals surface area contributed by atoms with Gasteiger partial charge in [-0.25, -0.2) is 0 Å². The molecule has 1 aromatic carbocycles. The van der Waals surface area contributed by atoms with Gasteiger partial charge in [-0.1, -0.05) is 18.2 Å². The second-order valence-electron chi connectivity index (χ2n) is 3.59. The Hall–Kier alpha value is -1.35. The van der Waals surface area contributed by atoms with E-state index >= 15 is 0 Å². The molecule has 3 heteroatoms.